The van der Waals surface area contributed by atoms with Crippen LogP contribution >= 0.6 is 0 Å². The Balaban J connectivity index is 1.31. The lowest BCUT2D eigenvalue weighted by Gasteiger charge is -2.26. The molecule has 0 spiro atoms. The Bertz CT molecular complexity index is 1120. The number of benzene rings is 3. The monoisotopic (exact) mass is 488 g/mol. The Morgan fingerprint density at radius 3 is 1.53 bits per heavy atom. The number of hydrogen-bond acceptors (Lipinski definition) is 6. The lowest BCUT2D eigenvalue weighted by Crippen LogP contribution is -2.36. The summed E-state index contributed by atoms with van der Waals surface area (Å²) in [5.41, 5.74) is 1.51. The molecule has 0 bridgehead atoms. The molecular weight excluding hydrogens is 452 g/mol. The van der Waals surface area contributed by atoms with Gasteiger partial charge in [0.2, 0.25) is 0 Å². The van der Waals surface area contributed by atoms with Gasteiger partial charge in [0.15, 0.2) is 11.6 Å². The van der Waals surface area contributed by atoms with Gasteiger partial charge in [-0.2, -0.15) is 0 Å². The summed E-state index contributed by atoms with van der Waals surface area (Å²) in [6.45, 7) is 8.72. The van der Waals surface area contributed by atoms with Gasteiger partial charge in [-0.05, 0) is 59.6 Å². The number of hydrogen-bond donors (Lipinski definition) is 0. The molecule has 3 aromatic rings. The first-order valence-corrected chi connectivity index (χ1v) is 13.3. The lowest BCUT2D eigenvalue weighted by atomic mass is 9.92. The van der Waals surface area contributed by atoms with Gasteiger partial charge in [-0.15, -0.1) is 0 Å². The maximum absolute atomic E-state index is 13.2. The summed E-state index contributed by atoms with van der Waals surface area (Å²) in [5, 5.41) is 3.96. The predicted molar refractivity (Wildman–Crippen MR) is 143 cm³/mol. The Morgan fingerprint density at radius 1 is 0.639 bits per heavy atom. The number of Topliss-reactive ketones (excluding diaryl/α,β-unsaturated/α-hetero) is 2. The number of carbonyl (C=O) groups excluding carboxylic acids is 2. The van der Waals surface area contributed by atoms with Crippen molar-refractivity contribution in [3.8, 4) is 0 Å². The highest BCUT2D eigenvalue weighted by molar-refractivity contribution is 6.15. The molecule has 0 aliphatic carbocycles. The van der Waals surface area contributed by atoms with Crippen LogP contribution in [-0.2, 0) is 9.47 Å². The summed E-state index contributed by atoms with van der Waals surface area (Å²) < 4.78 is 10.8. The second-order valence-corrected chi connectivity index (χ2v) is 9.87. The average molecular weight is 489 g/mol. The standard InChI is InChI=1S/C30H36N2O4/c33-29(9-3-11-31-13-17-35-18-14-31)25-7-1-5-23-21-24-6-2-8-26(28(24)22-27(23)25)30(34)10-4-12-32-15-19-36-20-16-32/h1-2,5-8,21-22H,3-4,9-20H2. The minimum Gasteiger partial charge on any atom is -0.379 e. The van der Waals surface area contributed by atoms with Crippen molar-refractivity contribution < 1.29 is 19.1 Å². The highest BCUT2D eigenvalue weighted by Crippen LogP contribution is 2.29. The fourth-order valence-electron chi connectivity index (χ4n) is 5.38. The van der Waals surface area contributed by atoms with Gasteiger partial charge in [0, 0.05) is 50.1 Å². The molecule has 6 heteroatoms. The zero-order valence-corrected chi connectivity index (χ0v) is 21.0. The van der Waals surface area contributed by atoms with Crippen LogP contribution in [0.5, 0.6) is 0 Å². The second-order valence-electron chi connectivity index (χ2n) is 9.87. The van der Waals surface area contributed by atoms with Gasteiger partial charge >= 0.3 is 0 Å². The number of fused-ring (bicyclic) bond motifs is 2. The zero-order chi connectivity index (χ0) is 24.7. The Morgan fingerprint density at radius 2 is 1.08 bits per heavy atom. The molecule has 190 valence electrons. The van der Waals surface area contributed by atoms with E-state index in [1.165, 1.54) is 0 Å². The second kappa shape index (κ2) is 12.1. The van der Waals surface area contributed by atoms with Gasteiger partial charge in [0.1, 0.15) is 0 Å². The molecule has 0 aromatic heterocycles. The third-order valence-electron chi connectivity index (χ3n) is 7.44. The molecule has 0 radical (unpaired) electrons. The van der Waals surface area contributed by atoms with Crippen molar-refractivity contribution in [3.63, 3.8) is 0 Å². The number of ether oxygens (including phenoxy) is 2. The molecule has 2 heterocycles. The molecule has 2 aliphatic heterocycles. The lowest BCUT2D eigenvalue weighted by molar-refractivity contribution is 0.0370. The molecule has 2 saturated heterocycles. The van der Waals surface area contributed by atoms with Gasteiger partial charge in [0.05, 0.1) is 26.4 Å². The van der Waals surface area contributed by atoms with Crippen molar-refractivity contribution >= 4 is 33.1 Å². The van der Waals surface area contributed by atoms with E-state index in [0.29, 0.717) is 12.8 Å². The van der Waals surface area contributed by atoms with E-state index < -0.39 is 0 Å². The fraction of sp³-hybridized carbons (Fsp3) is 0.467. The van der Waals surface area contributed by atoms with E-state index in [1.807, 2.05) is 24.3 Å². The molecule has 5 rings (SSSR count). The molecule has 0 unspecified atom stereocenters. The first-order valence-electron chi connectivity index (χ1n) is 13.3. The smallest absolute Gasteiger partial charge is 0.163 e. The quantitative estimate of drug-likeness (QED) is 0.308. The summed E-state index contributed by atoms with van der Waals surface area (Å²) in [6.07, 6.45) is 2.73. The summed E-state index contributed by atoms with van der Waals surface area (Å²) >= 11 is 0. The maximum atomic E-state index is 13.2. The normalized spacial score (nSPS) is 17.6. The summed E-state index contributed by atoms with van der Waals surface area (Å²) in [4.78, 5) is 31.2. The van der Waals surface area contributed by atoms with Crippen LogP contribution in [0.2, 0.25) is 0 Å². The van der Waals surface area contributed by atoms with E-state index in [1.54, 1.807) is 0 Å². The van der Waals surface area contributed by atoms with Crippen LogP contribution in [0.3, 0.4) is 0 Å². The van der Waals surface area contributed by atoms with E-state index in [2.05, 4.69) is 34.1 Å². The van der Waals surface area contributed by atoms with Crippen LogP contribution < -0.4 is 0 Å². The van der Waals surface area contributed by atoms with Crippen molar-refractivity contribution in [2.45, 2.75) is 25.7 Å². The van der Waals surface area contributed by atoms with Crippen LogP contribution in [0.1, 0.15) is 46.4 Å². The molecule has 0 saturated carbocycles. The van der Waals surface area contributed by atoms with Crippen LogP contribution in [0.25, 0.3) is 21.5 Å². The Hall–Kier alpha value is -2.64. The van der Waals surface area contributed by atoms with E-state index >= 15 is 0 Å². The molecule has 6 nitrogen and oxygen atoms in total. The molecule has 36 heavy (non-hydrogen) atoms. The van der Waals surface area contributed by atoms with Crippen molar-refractivity contribution in [1.29, 1.82) is 0 Å². The molecule has 0 amide bonds. The van der Waals surface area contributed by atoms with Gasteiger partial charge in [0.25, 0.3) is 0 Å². The molecule has 3 aromatic carbocycles. The number of ketones is 2. The largest absolute Gasteiger partial charge is 0.379 e. The van der Waals surface area contributed by atoms with Crippen molar-refractivity contribution in [2.75, 3.05) is 65.7 Å². The minimum absolute atomic E-state index is 0.169. The van der Waals surface area contributed by atoms with E-state index in [0.717, 1.165) is 111 Å². The van der Waals surface area contributed by atoms with Gasteiger partial charge in [-0.1, -0.05) is 36.4 Å². The average Bonchev–Trinajstić information content (AvgIpc) is 2.92. The maximum Gasteiger partial charge on any atom is 0.163 e. The van der Waals surface area contributed by atoms with Gasteiger partial charge in [-0.3, -0.25) is 19.4 Å². The summed E-state index contributed by atoms with van der Waals surface area (Å²) in [6, 6.07) is 16.1. The third kappa shape index (κ3) is 6.01. The number of rotatable bonds is 10. The van der Waals surface area contributed by atoms with E-state index in [4.69, 9.17) is 9.47 Å². The molecular formula is C30H36N2O4. The van der Waals surface area contributed by atoms with Gasteiger partial charge in [-0.25, -0.2) is 0 Å². The Kier molecular flexibility index (Phi) is 8.39. The van der Waals surface area contributed by atoms with Crippen molar-refractivity contribution in [1.82, 2.24) is 9.80 Å². The van der Waals surface area contributed by atoms with E-state index in [9.17, 15) is 9.59 Å². The molecule has 0 N–H and O–H groups in total. The topological polar surface area (TPSA) is 59.1 Å². The highest BCUT2D eigenvalue weighted by atomic mass is 16.5. The summed E-state index contributed by atoms with van der Waals surface area (Å²) in [5.74, 6) is 0.338. The van der Waals surface area contributed by atoms with Crippen LogP contribution in [0.15, 0.2) is 48.5 Å². The number of nitrogens with zero attached hydrogens (tertiary/aromatic N) is 2. The predicted octanol–water partition coefficient (Wildman–Crippen LogP) is 4.58. The minimum atomic E-state index is 0.169. The highest BCUT2D eigenvalue weighted by Gasteiger charge is 2.17. The third-order valence-corrected chi connectivity index (χ3v) is 7.44. The van der Waals surface area contributed by atoms with Crippen molar-refractivity contribution in [2.24, 2.45) is 0 Å². The van der Waals surface area contributed by atoms with E-state index in [-0.39, 0.29) is 11.6 Å². The number of carbonyl (C=O) groups is 2. The molecule has 2 fully saturated rings. The summed E-state index contributed by atoms with van der Waals surface area (Å²) in [7, 11) is 0. The van der Waals surface area contributed by atoms with Crippen molar-refractivity contribution in [3.05, 3.63) is 59.7 Å². The first-order chi connectivity index (χ1) is 17.7. The van der Waals surface area contributed by atoms with Crippen LogP contribution in [0.4, 0.5) is 0 Å². The number of morpholine rings is 2. The Labute approximate surface area is 213 Å². The SMILES string of the molecule is O=C(CCCN1CCOCC1)c1cccc2cc3cccc(C(=O)CCCN4CCOCC4)c3cc12. The van der Waals surface area contributed by atoms with Crippen LogP contribution in [-0.4, -0.2) is 87.1 Å². The fourth-order valence-corrected chi connectivity index (χ4v) is 5.38. The molecule has 2 aliphatic rings. The first kappa shape index (κ1) is 25.0. The van der Waals surface area contributed by atoms with Gasteiger partial charge < -0.3 is 9.47 Å². The molecule has 0 atom stereocenters. The van der Waals surface area contributed by atoms with Crippen LogP contribution in [0, 0.1) is 0 Å². The zero-order valence-electron chi connectivity index (χ0n) is 21.0.